The van der Waals surface area contributed by atoms with Gasteiger partial charge in [-0.05, 0) is 69.1 Å². The zero-order valence-electron chi connectivity index (χ0n) is 11.5. The fraction of sp³-hybridized carbons (Fsp3) is 0.812. The molecule has 4 aliphatic carbocycles. The average Bonchev–Trinajstić information content (AvgIpc) is 2.34. The molecule has 0 aromatic rings. The van der Waals surface area contributed by atoms with Crippen molar-refractivity contribution in [3.05, 3.63) is 11.6 Å². The van der Waals surface area contributed by atoms with Gasteiger partial charge < -0.3 is 4.74 Å². The molecule has 4 saturated carbocycles. The summed E-state index contributed by atoms with van der Waals surface area (Å²) in [5, 5.41) is 0. The molecule has 18 heavy (non-hydrogen) atoms. The Balaban J connectivity index is 1.68. The van der Waals surface area contributed by atoms with E-state index >= 15 is 0 Å². The number of allylic oxidation sites excluding steroid dienone is 1. The number of ether oxygens (including phenoxy) is 1. The highest BCUT2D eigenvalue weighted by atomic mass is 16.5. The van der Waals surface area contributed by atoms with E-state index in [1.807, 2.05) is 19.9 Å². The Morgan fingerprint density at radius 1 is 1.11 bits per heavy atom. The molecule has 2 nitrogen and oxygen atoms in total. The molecule has 4 aliphatic rings. The van der Waals surface area contributed by atoms with Crippen LogP contribution in [0.2, 0.25) is 0 Å². The minimum absolute atomic E-state index is 0.0579. The Morgan fingerprint density at radius 2 is 1.67 bits per heavy atom. The maximum atomic E-state index is 12.1. The Bertz CT molecular complexity index is 341. The van der Waals surface area contributed by atoms with E-state index < -0.39 is 0 Å². The van der Waals surface area contributed by atoms with Crippen LogP contribution in [0.4, 0.5) is 0 Å². The van der Waals surface area contributed by atoms with Gasteiger partial charge in [0.25, 0.3) is 0 Å². The number of hydrogen-bond donors (Lipinski definition) is 0. The van der Waals surface area contributed by atoms with Gasteiger partial charge in [-0.15, -0.1) is 0 Å². The summed E-state index contributed by atoms with van der Waals surface area (Å²) in [6.45, 7) is 3.95. The molecule has 0 aromatic carbocycles. The van der Waals surface area contributed by atoms with Crippen LogP contribution < -0.4 is 0 Å². The number of rotatable bonds is 3. The molecule has 0 atom stereocenters. The first kappa shape index (κ1) is 12.3. The minimum atomic E-state index is -0.0579. The maximum Gasteiger partial charge on any atom is 0.333 e. The fourth-order valence-electron chi connectivity index (χ4n) is 4.73. The summed E-state index contributed by atoms with van der Waals surface area (Å²) in [5.41, 5.74) is 0.837. The molecule has 0 N–H and O–H groups in total. The van der Waals surface area contributed by atoms with Crippen molar-refractivity contribution in [2.75, 3.05) is 0 Å². The summed E-state index contributed by atoms with van der Waals surface area (Å²) in [5.74, 6) is 3.16. The Morgan fingerprint density at radius 3 is 2.11 bits per heavy atom. The number of hydrogen-bond acceptors (Lipinski definition) is 2. The van der Waals surface area contributed by atoms with E-state index in [-0.39, 0.29) is 12.1 Å². The zero-order chi connectivity index (χ0) is 12.7. The highest BCUT2D eigenvalue weighted by molar-refractivity contribution is 5.88. The van der Waals surface area contributed by atoms with Crippen molar-refractivity contribution < 1.29 is 9.53 Å². The van der Waals surface area contributed by atoms with Crippen molar-refractivity contribution in [1.29, 1.82) is 0 Å². The minimum Gasteiger partial charge on any atom is -0.458 e. The van der Waals surface area contributed by atoms with Crippen molar-refractivity contribution in [1.82, 2.24) is 0 Å². The van der Waals surface area contributed by atoms with Crippen molar-refractivity contribution in [3.63, 3.8) is 0 Å². The van der Waals surface area contributed by atoms with Crippen molar-refractivity contribution in [3.8, 4) is 0 Å². The molecule has 0 aromatic heterocycles. The van der Waals surface area contributed by atoms with E-state index in [0.717, 1.165) is 23.8 Å². The van der Waals surface area contributed by atoms with Gasteiger partial charge >= 0.3 is 5.97 Å². The summed E-state index contributed by atoms with van der Waals surface area (Å²) in [6, 6.07) is 0. The molecule has 2 heteroatoms. The van der Waals surface area contributed by atoms with E-state index in [1.165, 1.54) is 32.1 Å². The highest BCUT2D eigenvalue weighted by Gasteiger charge is 2.49. The topological polar surface area (TPSA) is 26.3 Å². The van der Waals surface area contributed by atoms with Crippen LogP contribution in [0.3, 0.4) is 0 Å². The fourth-order valence-corrected chi connectivity index (χ4v) is 4.73. The second-order valence-electron chi connectivity index (χ2n) is 6.47. The molecule has 0 aliphatic heterocycles. The summed E-state index contributed by atoms with van der Waals surface area (Å²) < 4.78 is 5.86. The summed E-state index contributed by atoms with van der Waals surface area (Å²) >= 11 is 0. The van der Waals surface area contributed by atoms with E-state index in [9.17, 15) is 4.79 Å². The molecule has 4 bridgehead atoms. The second kappa shape index (κ2) is 4.71. The van der Waals surface area contributed by atoms with Gasteiger partial charge in [-0.2, -0.15) is 0 Å². The number of esters is 1. The maximum absolute atomic E-state index is 12.1. The molecule has 4 fully saturated rings. The standard InChI is InChI=1S/C16H24O2/c1-3-12(4-2)16(17)18-15-13-6-10-5-11(8-13)9-14(15)7-10/h3,10-11,13-15H,4-9H2,1-2H3. The van der Waals surface area contributed by atoms with Gasteiger partial charge in [-0.3, -0.25) is 0 Å². The van der Waals surface area contributed by atoms with Crippen LogP contribution in [0.25, 0.3) is 0 Å². The molecule has 0 radical (unpaired) electrons. The van der Waals surface area contributed by atoms with Gasteiger partial charge in [0.1, 0.15) is 6.10 Å². The van der Waals surface area contributed by atoms with Crippen molar-refractivity contribution >= 4 is 5.97 Å². The van der Waals surface area contributed by atoms with E-state index in [2.05, 4.69) is 0 Å². The Kier molecular flexibility index (Phi) is 3.21. The molecule has 0 spiro atoms. The van der Waals surface area contributed by atoms with Crippen LogP contribution in [0.15, 0.2) is 11.6 Å². The molecule has 4 rings (SSSR count). The lowest BCUT2D eigenvalue weighted by Gasteiger charge is -2.53. The largest absolute Gasteiger partial charge is 0.458 e. The van der Waals surface area contributed by atoms with Gasteiger partial charge in [-0.25, -0.2) is 4.79 Å². The van der Waals surface area contributed by atoms with Crippen molar-refractivity contribution in [2.24, 2.45) is 23.7 Å². The van der Waals surface area contributed by atoms with Gasteiger partial charge in [0.15, 0.2) is 0 Å². The molecule has 0 saturated heterocycles. The predicted octanol–water partition coefficient (Wildman–Crippen LogP) is 3.71. The van der Waals surface area contributed by atoms with Gasteiger partial charge in [0.05, 0.1) is 0 Å². The van der Waals surface area contributed by atoms with Crippen LogP contribution in [-0.4, -0.2) is 12.1 Å². The lowest BCUT2D eigenvalue weighted by molar-refractivity contribution is -0.166. The Hall–Kier alpha value is -0.790. The summed E-state index contributed by atoms with van der Waals surface area (Å²) in [7, 11) is 0. The molecule has 0 amide bonds. The Labute approximate surface area is 110 Å². The number of carbonyl (C=O) groups excluding carboxylic acids is 1. The summed E-state index contributed by atoms with van der Waals surface area (Å²) in [4.78, 5) is 12.1. The predicted molar refractivity (Wildman–Crippen MR) is 71.0 cm³/mol. The second-order valence-corrected chi connectivity index (χ2v) is 6.47. The van der Waals surface area contributed by atoms with E-state index in [0.29, 0.717) is 11.8 Å². The average molecular weight is 248 g/mol. The summed E-state index contributed by atoms with van der Waals surface area (Å²) in [6.07, 6.45) is 9.59. The van der Waals surface area contributed by atoms with E-state index in [1.54, 1.807) is 0 Å². The van der Waals surface area contributed by atoms with Crippen LogP contribution in [-0.2, 0) is 9.53 Å². The monoisotopic (exact) mass is 248 g/mol. The SMILES string of the molecule is CC=C(CC)C(=O)OC1C2CC3CC(C2)CC1C3. The van der Waals surface area contributed by atoms with Gasteiger partial charge in [0.2, 0.25) is 0 Å². The molecule has 0 unspecified atom stereocenters. The third-order valence-electron chi connectivity index (χ3n) is 5.37. The molecular formula is C16H24O2. The van der Waals surface area contributed by atoms with Crippen LogP contribution in [0.1, 0.15) is 52.4 Å². The number of carbonyl (C=O) groups is 1. The first-order valence-corrected chi connectivity index (χ1v) is 7.57. The first-order valence-electron chi connectivity index (χ1n) is 7.57. The van der Waals surface area contributed by atoms with Crippen LogP contribution in [0.5, 0.6) is 0 Å². The molecular weight excluding hydrogens is 224 g/mol. The third-order valence-corrected chi connectivity index (χ3v) is 5.37. The quantitative estimate of drug-likeness (QED) is 0.562. The zero-order valence-corrected chi connectivity index (χ0v) is 11.5. The van der Waals surface area contributed by atoms with Crippen molar-refractivity contribution in [2.45, 2.75) is 58.5 Å². The lowest BCUT2D eigenvalue weighted by atomic mass is 9.55. The van der Waals surface area contributed by atoms with Gasteiger partial charge in [0, 0.05) is 5.57 Å². The lowest BCUT2D eigenvalue weighted by Crippen LogP contribution is -2.50. The first-order chi connectivity index (χ1) is 8.71. The highest BCUT2D eigenvalue weighted by Crippen LogP contribution is 2.54. The molecule has 100 valence electrons. The smallest absolute Gasteiger partial charge is 0.333 e. The third kappa shape index (κ3) is 2.00. The molecule has 0 heterocycles. The van der Waals surface area contributed by atoms with Crippen LogP contribution >= 0.6 is 0 Å². The van der Waals surface area contributed by atoms with Gasteiger partial charge in [-0.1, -0.05) is 13.0 Å². The van der Waals surface area contributed by atoms with Crippen LogP contribution in [0, 0.1) is 23.7 Å². The van der Waals surface area contributed by atoms with E-state index in [4.69, 9.17) is 4.74 Å². The normalized spacial score (nSPS) is 42.1.